The molecular weight excluding hydrogens is 284 g/mol. The van der Waals surface area contributed by atoms with Gasteiger partial charge in [0.2, 0.25) is 0 Å². The van der Waals surface area contributed by atoms with E-state index in [2.05, 4.69) is 48.1 Å². The number of benzene rings is 1. The van der Waals surface area contributed by atoms with Gasteiger partial charge in [0.1, 0.15) is 5.69 Å². The minimum Gasteiger partial charge on any atom is -0.342 e. The minimum atomic E-state index is -0.299. The Hall–Kier alpha value is -1.90. The number of fused-ring (bicyclic) bond motifs is 3. The van der Waals surface area contributed by atoms with Gasteiger partial charge >= 0.3 is 0 Å². The van der Waals surface area contributed by atoms with Crippen LogP contribution in [0.2, 0.25) is 0 Å². The Balaban J connectivity index is 1.79. The number of rotatable bonds is 2. The smallest absolute Gasteiger partial charge is 0.186 e. The lowest BCUT2D eigenvalue weighted by molar-refractivity contribution is 0.0242. The van der Waals surface area contributed by atoms with E-state index in [1.54, 1.807) is 12.5 Å². The minimum absolute atomic E-state index is 0.109. The molecule has 1 saturated carbocycles. The summed E-state index contributed by atoms with van der Waals surface area (Å²) in [5.41, 5.74) is 3.42. The number of hydrogen-bond donors (Lipinski definition) is 1. The molecule has 0 bridgehead atoms. The van der Waals surface area contributed by atoms with E-state index < -0.39 is 0 Å². The molecule has 2 aliphatic carbocycles. The van der Waals surface area contributed by atoms with Crippen molar-refractivity contribution in [2.24, 2.45) is 11.3 Å². The Labute approximate surface area is 137 Å². The van der Waals surface area contributed by atoms with Crippen molar-refractivity contribution in [2.75, 3.05) is 0 Å². The third-order valence-corrected chi connectivity index (χ3v) is 6.53. The summed E-state index contributed by atoms with van der Waals surface area (Å²) in [4.78, 5) is 20.3. The predicted molar refractivity (Wildman–Crippen MR) is 90.5 cm³/mol. The first-order valence-corrected chi connectivity index (χ1v) is 8.67. The average Bonchev–Trinajstić information content (AvgIpc) is 3.08. The third kappa shape index (κ3) is 2.02. The highest BCUT2D eigenvalue weighted by atomic mass is 16.1. The second-order valence-corrected chi connectivity index (χ2v) is 7.73. The maximum Gasteiger partial charge on any atom is 0.186 e. The molecule has 0 spiro atoms. The summed E-state index contributed by atoms with van der Waals surface area (Å²) in [5, 5.41) is 0. The Bertz CT molecular complexity index is 736. The molecular formula is C20H24N2O. The lowest BCUT2D eigenvalue weighted by atomic mass is 9.48. The van der Waals surface area contributed by atoms with Crippen LogP contribution in [0.15, 0.2) is 36.8 Å². The normalized spacial score (nSPS) is 32.9. The number of nitrogens with zero attached hydrogens (tertiary/aromatic N) is 1. The molecule has 0 unspecified atom stereocenters. The molecule has 2 aliphatic rings. The van der Waals surface area contributed by atoms with Crippen molar-refractivity contribution in [2.45, 2.75) is 51.4 Å². The van der Waals surface area contributed by atoms with Gasteiger partial charge in [0.05, 0.1) is 12.5 Å². The number of aromatic amines is 1. The summed E-state index contributed by atoms with van der Waals surface area (Å²) in [6.07, 6.45) is 8.74. The van der Waals surface area contributed by atoms with E-state index in [0.717, 1.165) is 25.7 Å². The summed E-state index contributed by atoms with van der Waals surface area (Å²) in [6.45, 7) is 4.57. The molecule has 0 amide bonds. The third-order valence-electron chi connectivity index (χ3n) is 6.53. The van der Waals surface area contributed by atoms with E-state index in [0.29, 0.717) is 11.6 Å². The van der Waals surface area contributed by atoms with Gasteiger partial charge in [-0.2, -0.15) is 0 Å². The SMILES string of the molecule is C[C@@]1(C(=O)c2cnc[nH]2)CCC[C@@]2(C)c3ccccc3CC[C@@H]12. The van der Waals surface area contributed by atoms with Gasteiger partial charge in [0, 0.05) is 5.41 Å². The Kier molecular flexibility index (Phi) is 3.22. The van der Waals surface area contributed by atoms with E-state index in [4.69, 9.17) is 0 Å². The molecule has 1 heterocycles. The molecule has 1 fully saturated rings. The molecule has 3 heteroatoms. The molecule has 1 N–H and O–H groups in total. The van der Waals surface area contributed by atoms with Crippen molar-refractivity contribution in [3.8, 4) is 0 Å². The zero-order valence-corrected chi connectivity index (χ0v) is 13.9. The Morgan fingerprint density at radius 2 is 2.09 bits per heavy atom. The van der Waals surface area contributed by atoms with E-state index >= 15 is 0 Å². The number of carbonyl (C=O) groups excluding carboxylic acids is 1. The van der Waals surface area contributed by atoms with E-state index in [9.17, 15) is 4.79 Å². The number of aryl methyl sites for hydroxylation is 1. The molecule has 2 aromatic rings. The summed E-state index contributed by atoms with van der Waals surface area (Å²) < 4.78 is 0. The number of imidazole rings is 1. The van der Waals surface area contributed by atoms with Gasteiger partial charge in [-0.05, 0) is 48.1 Å². The second-order valence-electron chi connectivity index (χ2n) is 7.73. The molecule has 0 aliphatic heterocycles. The van der Waals surface area contributed by atoms with Crippen molar-refractivity contribution >= 4 is 5.78 Å². The van der Waals surface area contributed by atoms with Crippen LogP contribution >= 0.6 is 0 Å². The van der Waals surface area contributed by atoms with Crippen LogP contribution in [0.3, 0.4) is 0 Å². The summed E-state index contributed by atoms with van der Waals surface area (Å²) in [5.74, 6) is 0.639. The summed E-state index contributed by atoms with van der Waals surface area (Å²) >= 11 is 0. The Morgan fingerprint density at radius 1 is 1.26 bits per heavy atom. The molecule has 0 radical (unpaired) electrons. The van der Waals surface area contributed by atoms with Gasteiger partial charge in [-0.15, -0.1) is 0 Å². The number of carbonyl (C=O) groups is 1. The Morgan fingerprint density at radius 3 is 2.87 bits per heavy atom. The first-order chi connectivity index (χ1) is 11.1. The van der Waals surface area contributed by atoms with E-state index in [1.807, 2.05) is 0 Å². The van der Waals surface area contributed by atoms with Crippen LogP contribution in [0, 0.1) is 11.3 Å². The summed E-state index contributed by atoms with van der Waals surface area (Å²) in [7, 11) is 0. The molecule has 3 atom stereocenters. The van der Waals surface area contributed by atoms with Crippen molar-refractivity contribution in [1.82, 2.24) is 9.97 Å². The predicted octanol–water partition coefficient (Wildman–Crippen LogP) is 4.30. The fourth-order valence-corrected chi connectivity index (χ4v) is 5.39. The quantitative estimate of drug-likeness (QED) is 0.841. The second kappa shape index (κ2) is 5.05. The fraction of sp³-hybridized carbons (Fsp3) is 0.500. The van der Waals surface area contributed by atoms with Crippen LogP contribution in [0.4, 0.5) is 0 Å². The van der Waals surface area contributed by atoms with Gasteiger partial charge in [-0.1, -0.05) is 44.5 Å². The van der Waals surface area contributed by atoms with Crippen LogP contribution in [-0.2, 0) is 11.8 Å². The highest BCUT2D eigenvalue weighted by Crippen LogP contribution is 2.57. The van der Waals surface area contributed by atoms with Crippen molar-refractivity contribution in [3.63, 3.8) is 0 Å². The van der Waals surface area contributed by atoms with Crippen LogP contribution in [-0.4, -0.2) is 15.8 Å². The lowest BCUT2D eigenvalue weighted by Crippen LogP contribution is -2.52. The molecule has 4 rings (SSSR count). The van der Waals surface area contributed by atoms with Crippen LogP contribution in [0.5, 0.6) is 0 Å². The number of Topliss-reactive ketones (excluding diaryl/α,β-unsaturated/α-hetero) is 1. The largest absolute Gasteiger partial charge is 0.342 e. The number of aromatic nitrogens is 2. The van der Waals surface area contributed by atoms with Crippen molar-refractivity contribution in [3.05, 3.63) is 53.6 Å². The molecule has 3 nitrogen and oxygen atoms in total. The lowest BCUT2D eigenvalue weighted by Gasteiger charge is -2.54. The van der Waals surface area contributed by atoms with Gasteiger partial charge in [0.15, 0.2) is 5.78 Å². The highest BCUT2D eigenvalue weighted by molar-refractivity contribution is 5.99. The highest BCUT2D eigenvalue weighted by Gasteiger charge is 2.54. The molecule has 23 heavy (non-hydrogen) atoms. The zero-order chi connectivity index (χ0) is 16.1. The monoisotopic (exact) mass is 308 g/mol. The molecule has 120 valence electrons. The molecule has 1 aromatic heterocycles. The van der Waals surface area contributed by atoms with E-state index in [1.165, 1.54) is 17.5 Å². The summed E-state index contributed by atoms with van der Waals surface area (Å²) in [6, 6.07) is 8.84. The van der Waals surface area contributed by atoms with Gasteiger partial charge in [0.25, 0.3) is 0 Å². The zero-order valence-electron chi connectivity index (χ0n) is 13.9. The standard InChI is InChI=1S/C20H24N2O/c1-19-10-5-11-20(2,18(23)16-12-21-13-22-16)17(19)9-8-14-6-3-4-7-15(14)19/h3-4,6-7,12-13,17H,5,8-11H2,1-2H3,(H,21,22)/t17-,19+,20-/m1/s1. The maximum atomic E-state index is 13.2. The maximum absolute atomic E-state index is 13.2. The van der Waals surface area contributed by atoms with Crippen molar-refractivity contribution in [1.29, 1.82) is 0 Å². The number of hydrogen-bond acceptors (Lipinski definition) is 2. The van der Waals surface area contributed by atoms with Gasteiger partial charge in [-0.3, -0.25) is 4.79 Å². The number of H-pyrrole nitrogens is 1. The van der Waals surface area contributed by atoms with Crippen LogP contribution in [0.1, 0.15) is 61.1 Å². The fourth-order valence-electron chi connectivity index (χ4n) is 5.39. The number of nitrogens with one attached hydrogen (secondary N) is 1. The first-order valence-electron chi connectivity index (χ1n) is 8.67. The van der Waals surface area contributed by atoms with Gasteiger partial charge < -0.3 is 4.98 Å². The van der Waals surface area contributed by atoms with Crippen LogP contribution in [0.25, 0.3) is 0 Å². The molecule has 0 saturated heterocycles. The first kappa shape index (κ1) is 14.7. The van der Waals surface area contributed by atoms with Crippen molar-refractivity contribution < 1.29 is 4.79 Å². The molecule has 1 aromatic carbocycles. The topological polar surface area (TPSA) is 45.8 Å². The van der Waals surface area contributed by atoms with Gasteiger partial charge in [-0.25, -0.2) is 4.98 Å². The average molecular weight is 308 g/mol. The van der Waals surface area contributed by atoms with E-state index in [-0.39, 0.29) is 16.6 Å². The van der Waals surface area contributed by atoms with Crippen LogP contribution < -0.4 is 0 Å². The number of ketones is 1.